The van der Waals surface area contributed by atoms with Crippen molar-refractivity contribution in [3.63, 3.8) is 0 Å². The second kappa shape index (κ2) is 7.31. The minimum Gasteiger partial charge on any atom is -0.497 e. The van der Waals surface area contributed by atoms with Gasteiger partial charge in [0.1, 0.15) is 23.7 Å². The van der Waals surface area contributed by atoms with E-state index in [1.807, 2.05) is 0 Å². The summed E-state index contributed by atoms with van der Waals surface area (Å²) < 4.78 is 15.2. The van der Waals surface area contributed by atoms with Crippen LogP contribution in [0.4, 0.5) is 0 Å². The Bertz CT molecular complexity index is 716. The molecule has 1 aliphatic rings. The van der Waals surface area contributed by atoms with Crippen molar-refractivity contribution in [1.29, 1.82) is 0 Å². The van der Waals surface area contributed by atoms with Crippen LogP contribution in [0, 0.1) is 0 Å². The summed E-state index contributed by atoms with van der Waals surface area (Å²) in [6.07, 6.45) is 1.61. The van der Waals surface area contributed by atoms with Gasteiger partial charge in [-0.3, -0.25) is 14.5 Å². The van der Waals surface area contributed by atoms with Crippen molar-refractivity contribution in [1.82, 2.24) is 9.80 Å². The van der Waals surface area contributed by atoms with E-state index in [2.05, 4.69) is 4.74 Å². The molecule has 1 aromatic carbocycles. The highest BCUT2D eigenvalue weighted by atomic mass is 32.1. The van der Waals surface area contributed by atoms with Crippen LogP contribution in [0.2, 0.25) is 0 Å². The zero-order valence-corrected chi connectivity index (χ0v) is 14.7. The van der Waals surface area contributed by atoms with Crippen molar-refractivity contribution in [3.05, 3.63) is 29.5 Å². The van der Waals surface area contributed by atoms with Gasteiger partial charge < -0.3 is 19.1 Å². The number of amides is 1. The highest BCUT2D eigenvalue weighted by Crippen LogP contribution is 2.29. The molecule has 1 saturated heterocycles. The van der Waals surface area contributed by atoms with Crippen molar-refractivity contribution in [2.24, 2.45) is 0 Å². The summed E-state index contributed by atoms with van der Waals surface area (Å²) in [5, 5.41) is 0.235. The summed E-state index contributed by atoms with van der Waals surface area (Å²) in [6.45, 7) is -0.149. The molecular formula is C16H18N2O5S. The molecule has 8 heteroatoms. The highest BCUT2D eigenvalue weighted by Gasteiger charge is 2.36. The molecule has 1 amide bonds. The van der Waals surface area contributed by atoms with Crippen LogP contribution < -0.4 is 9.47 Å². The zero-order valence-electron chi connectivity index (χ0n) is 13.9. The molecule has 0 atom stereocenters. The van der Waals surface area contributed by atoms with Gasteiger partial charge in [-0.2, -0.15) is 0 Å². The lowest BCUT2D eigenvalue weighted by Crippen LogP contribution is -2.33. The maximum absolute atomic E-state index is 12.5. The number of hydrogen-bond acceptors (Lipinski definition) is 6. The number of likely N-dealkylation sites (N-methyl/N-ethyl adjacent to an activating group) is 1. The third-order valence-corrected chi connectivity index (χ3v) is 4.07. The Hall–Kier alpha value is -2.61. The van der Waals surface area contributed by atoms with Crippen LogP contribution in [0.1, 0.15) is 5.56 Å². The molecule has 0 spiro atoms. The smallest absolute Gasteiger partial charge is 0.325 e. The molecule has 0 bridgehead atoms. The van der Waals surface area contributed by atoms with Gasteiger partial charge in [0.25, 0.3) is 5.91 Å². The van der Waals surface area contributed by atoms with E-state index >= 15 is 0 Å². The number of benzene rings is 1. The minimum atomic E-state index is -0.496. The van der Waals surface area contributed by atoms with Crippen LogP contribution in [0.15, 0.2) is 23.9 Å². The average Bonchev–Trinajstić information content (AvgIpc) is 2.79. The van der Waals surface area contributed by atoms with Crippen molar-refractivity contribution >= 4 is 35.3 Å². The van der Waals surface area contributed by atoms with Gasteiger partial charge in [0.15, 0.2) is 5.11 Å². The number of ether oxygens (including phenoxy) is 3. The summed E-state index contributed by atoms with van der Waals surface area (Å²) in [7, 11) is 5.91. The number of esters is 1. The number of carbonyl (C=O) groups is 2. The standard InChI is InChI=1S/C16H18N2O5S/c1-17-15(20)12(18(16(17)24)9-14(19)23-4)8-10-7-11(21-2)5-6-13(10)22-3/h5-8H,9H2,1-4H3/b12-8-. The largest absolute Gasteiger partial charge is 0.497 e. The molecule has 0 N–H and O–H groups in total. The second-order valence-corrected chi connectivity index (χ2v) is 5.31. The molecule has 0 aromatic heterocycles. The molecule has 128 valence electrons. The Kier molecular flexibility index (Phi) is 5.40. The van der Waals surface area contributed by atoms with E-state index in [1.165, 1.54) is 24.0 Å². The Labute approximate surface area is 145 Å². The topological polar surface area (TPSA) is 68.3 Å². The molecule has 24 heavy (non-hydrogen) atoms. The summed E-state index contributed by atoms with van der Waals surface area (Å²) >= 11 is 5.24. The van der Waals surface area contributed by atoms with E-state index in [4.69, 9.17) is 21.7 Å². The van der Waals surface area contributed by atoms with E-state index in [9.17, 15) is 9.59 Å². The lowest BCUT2D eigenvalue weighted by molar-refractivity contribution is -0.140. The Morgan fingerprint density at radius 3 is 2.54 bits per heavy atom. The molecule has 1 fully saturated rings. The molecule has 0 unspecified atom stereocenters. The SMILES string of the molecule is COC(=O)CN1C(=S)N(C)C(=O)/C1=C/c1cc(OC)ccc1OC. The van der Waals surface area contributed by atoms with E-state index in [0.717, 1.165) is 0 Å². The molecule has 1 aromatic rings. The van der Waals surface area contributed by atoms with Crippen molar-refractivity contribution in [2.45, 2.75) is 0 Å². The quantitative estimate of drug-likeness (QED) is 0.450. The Morgan fingerprint density at radius 1 is 1.25 bits per heavy atom. The molecule has 0 aliphatic carbocycles. The van der Waals surface area contributed by atoms with Crippen molar-refractivity contribution in [3.8, 4) is 11.5 Å². The number of thiocarbonyl (C=S) groups is 1. The van der Waals surface area contributed by atoms with Gasteiger partial charge in [-0.05, 0) is 36.5 Å². The second-order valence-electron chi connectivity index (χ2n) is 4.95. The third kappa shape index (κ3) is 3.33. The predicted molar refractivity (Wildman–Crippen MR) is 91.6 cm³/mol. The first-order valence-electron chi connectivity index (χ1n) is 7.03. The van der Waals surface area contributed by atoms with Gasteiger partial charge in [-0.25, -0.2) is 0 Å². The van der Waals surface area contributed by atoms with Gasteiger partial charge in [0.2, 0.25) is 0 Å². The third-order valence-electron chi connectivity index (χ3n) is 3.58. The lowest BCUT2D eigenvalue weighted by Gasteiger charge is -2.17. The number of hydrogen-bond donors (Lipinski definition) is 0. The van der Waals surface area contributed by atoms with E-state index < -0.39 is 5.97 Å². The lowest BCUT2D eigenvalue weighted by atomic mass is 10.1. The first kappa shape index (κ1) is 17.7. The van der Waals surface area contributed by atoms with Gasteiger partial charge in [0.05, 0.1) is 21.3 Å². The van der Waals surface area contributed by atoms with Gasteiger partial charge in [-0.15, -0.1) is 0 Å². The van der Waals surface area contributed by atoms with Crippen LogP contribution in [0.3, 0.4) is 0 Å². The fourth-order valence-corrected chi connectivity index (χ4v) is 2.49. The number of nitrogens with zero attached hydrogens (tertiary/aromatic N) is 2. The summed E-state index contributed by atoms with van der Waals surface area (Å²) in [4.78, 5) is 26.8. The molecule has 1 heterocycles. The van der Waals surface area contributed by atoms with E-state index in [0.29, 0.717) is 17.1 Å². The number of carbonyl (C=O) groups excluding carboxylic acids is 2. The fraction of sp³-hybridized carbons (Fsp3) is 0.312. The fourth-order valence-electron chi connectivity index (χ4n) is 2.24. The first-order valence-corrected chi connectivity index (χ1v) is 7.43. The average molecular weight is 350 g/mol. The molecule has 7 nitrogen and oxygen atoms in total. The molecule has 1 aliphatic heterocycles. The van der Waals surface area contributed by atoms with Gasteiger partial charge in [-0.1, -0.05) is 0 Å². The molecular weight excluding hydrogens is 332 g/mol. The monoisotopic (exact) mass is 350 g/mol. The number of methoxy groups -OCH3 is 3. The summed E-state index contributed by atoms with van der Waals surface area (Å²) in [5.74, 6) is 0.371. The Morgan fingerprint density at radius 2 is 1.96 bits per heavy atom. The molecule has 0 saturated carbocycles. The normalized spacial score (nSPS) is 15.9. The Balaban J connectivity index is 2.50. The van der Waals surface area contributed by atoms with Crippen molar-refractivity contribution in [2.75, 3.05) is 34.9 Å². The van der Waals surface area contributed by atoms with Gasteiger partial charge in [0, 0.05) is 12.6 Å². The van der Waals surface area contributed by atoms with Crippen molar-refractivity contribution < 1.29 is 23.8 Å². The minimum absolute atomic E-state index is 0.149. The zero-order chi connectivity index (χ0) is 17.9. The highest BCUT2D eigenvalue weighted by molar-refractivity contribution is 7.80. The summed E-state index contributed by atoms with van der Waals surface area (Å²) in [6, 6.07) is 5.22. The van der Waals surface area contributed by atoms with Crippen LogP contribution in [0.25, 0.3) is 6.08 Å². The maximum Gasteiger partial charge on any atom is 0.325 e. The van der Waals surface area contributed by atoms with Gasteiger partial charge >= 0.3 is 5.97 Å². The van der Waals surface area contributed by atoms with Crippen LogP contribution in [-0.2, 0) is 14.3 Å². The maximum atomic E-state index is 12.5. The van der Waals surface area contributed by atoms with Crippen LogP contribution in [-0.4, -0.2) is 61.7 Å². The van der Waals surface area contributed by atoms with Crippen LogP contribution in [0.5, 0.6) is 11.5 Å². The molecule has 2 rings (SSSR count). The predicted octanol–water partition coefficient (Wildman–Crippen LogP) is 1.28. The summed E-state index contributed by atoms with van der Waals surface area (Å²) in [5.41, 5.74) is 0.896. The molecule has 0 radical (unpaired) electrons. The van der Waals surface area contributed by atoms with Crippen LogP contribution >= 0.6 is 12.2 Å². The first-order chi connectivity index (χ1) is 11.4. The van der Waals surface area contributed by atoms with E-state index in [-0.39, 0.29) is 23.3 Å². The van der Waals surface area contributed by atoms with E-state index in [1.54, 1.807) is 38.4 Å². The number of rotatable bonds is 5.